The molecular formula is C10H17N3O2. The molecule has 5 heteroatoms. The molecule has 3 N–H and O–H groups in total. The van der Waals surface area contributed by atoms with Crippen LogP contribution in [0.15, 0.2) is 12.4 Å². The normalized spacial score (nSPS) is 10.7. The maximum Gasteiger partial charge on any atom is 0.129 e. The van der Waals surface area contributed by atoms with Crippen molar-refractivity contribution in [1.82, 2.24) is 9.97 Å². The van der Waals surface area contributed by atoms with Crippen LogP contribution in [-0.4, -0.2) is 39.4 Å². The van der Waals surface area contributed by atoms with E-state index in [9.17, 15) is 0 Å². The SMILES string of the molecule is CCCc1cc(NC(CO)CO)ncn1. The lowest BCUT2D eigenvalue weighted by molar-refractivity contribution is 0.203. The molecule has 0 atom stereocenters. The number of aryl methyl sites for hydroxylation is 1. The number of aliphatic hydroxyl groups is 2. The number of aromatic nitrogens is 2. The summed E-state index contributed by atoms with van der Waals surface area (Å²) in [6, 6.07) is 1.47. The molecule has 84 valence electrons. The first-order valence-corrected chi connectivity index (χ1v) is 5.09. The van der Waals surface area contributed by atoms with Gasteiger partial charge in [0.25, 0.3) is 0 Å². The second-order valence-electron chi connectivity index (χ2n) is 3.35. The van der Waals surface area contributed by atoms with E-state index in [0.29, 0.717) is 5.82 Å². The molecule has 1 aromatic heterocycles. The molecule has 15 heavy (non-hydrogen) atoms. The van der Waals surface area contributed by atoms with E-state index in [0.717, 1.165) is 18.5 Å². The van der Waals surface area contributed by atoms with Gasteiger partial charge in [0, 0.05) is 11.8 Å². The van der Waals surface area contributed by atoms with Crippen LogP contribution < -0.4 is 5.32 Å². The Hall–Kier alpha value is -1.20. The summed E-state index contributed by atoms with van der Waals surface area (Å²) in [6.07, 6.45) is 3.42. The molecule has 0 amide bonds. The molecule has 0 saturated carbocycles. The van der Waals surface area contributed by atoms with Crippen molar-refractivity contribution in [2.75, 3.05) is 18.5 Å². The Bertz CT molecular complexity index is 290. The zero-order valence-corrected chi connectivity index (χ0v) is 8.85. The van der Waals surface area contributed by atoms with Crippen molar-refractivity contribution in [3.63, 3.8) is 0 Å². The van der Waals surface area contributed by atoms with E-state index in [4.69, 9.17) is 10.2 Å². The number of nitrogens with zero attached hydrogens (tertiary/aromatic N) is 2. The molecule has 0 radical (unpaired) electrons. The molecule has 0 aliphatic heterocycles. The van der Waals surface area contributed by atoms with Crippen molar-refractivity contribution < 1.29 is 10.2 Å². The van der Waals surface area contributed by atoms with E-state index in [1.54, 1.807) is 0 Å². The lowest BCUT2D eigenvalue weighted by atomic mass is 10.2. The topological polar surface area (TPSA) is 78.3 Å². The van der Waals surface area contributed by atoms with Gasteiger partial charge in [0.2, 0.25) is 0 Å². The first kappa shape index (κ1) is 11.9. The van der Waals surface area contributed by atoms with Crippen LogP contribution in [-0.2, 0) is 6.42 Å². The predicted molar refractivity (Wildman–Crippen MR) is 57.6 cm³/mol. The van der Waals surface area contributed by atoms with Crippen LogP contribution in [0.1, 0.15) is 19.0 Å². The van der Waals surface area contributed by atoms with Gasteiger partial charge in [0.1, 0.15) is 12.1 Å². The lowest BCUT2D eigenvalue weighted by Gasteiger charge is -2.13. The van der Waals surface area contributed by atoms with Crippen molar-refractivity contribution in [1.29, 1.82) is 0 Å². The molecule has 0 saturated heterocycles. The summed E-state index contributed by atoms with van der Waals surface area (Å²) in [5, 5.41) is 20.7. The summed E-state index contributed by atoms with van der Waals surface area (Å²) in [4.78, 5) is 8.12. The number of hydrogen-bond donors (Lipinski definition) is 3. The van der Waals surface area contributed by atoms with E-state index in [2.05, 4.69) is 22.2 Å². The van der Waals surface area contributed by atoms with Crippen molar-refractivity contribution in [3.8, 4) is 0 Å². The average molecular weight is 211 g/mol. The molecular weight excluding hydrogens is 194 g/mol. The third kappa shape index (κ3) is 3.81. The first-order chi connectivity index (χ1) is 7.30. The minimum Gasteiger partial charge on any atom is -0.394 e. The second-order valence-corrected chi connectivity index (χ2v) is 3.35. The fourth-order valence-corrected chi connectivity index (χ4v) is 1.23. The Kier molecular flexibility index (Phi) is 5.00. The van der Waals surface area contributed by atoms with Crippen molar-refractivity contribution in [2.45, 2.75) is 25.8 Å². The smallest absolute Gasteiger partial charge is 0.129 e. The van der Waals surface area contributed by atoms with Gasteiger partial charge in [-0.05, 0) is 6.42 Å². The third-order valence-corrected chi connectivity index (χ3v) is 2.02. The third-order valence-electron chi connectivity index (χ3n) is 2.02. The highest BCUT2D eigenvalue weighted by molar-refractivity contribution is 5.36. The summed E-state index contributed by atoms with van der Waals surface area (Å²) >= 11 is 0. The minimum absolute atomic E-state index is 0.121. The minimum atomic E-state index is -0.366. The van der Waals surface area contributed by atoms with E-state index in [-0.39, 0.29) is 19.3 Å². The monoisotopic (exact) mass is 211 g/mol. The van der Waals surface area contributed by atoms with Crippen molar-refractivity contribution in [3.05, 3.63) is 18.1 Å². The number of nitrogens with one attached hydrogen (secondary N) is 1. The van der Waals surface area contributed by atoms with E-state index in [1.165, 1.54) is 6.33 Å². The van der Waals surface area contributed by atoms with Crippen LogP contribution >= 0.6 is 0 Å². The maximum absolute atomic E-state index is 8.89. The fraction of sp³-hybridized carbons (Fsp3) is 0.600. The molecule has 1 heterocycles. The van der Waals surface area contributed by atoms with E-state index >= 15 is 0 Å². The quantitative estimate of drug-likeness (QED) is 0.626. The Morgan fingerprint density at radius 2 is 2.07 bits per heavy atom. The van der Waals surface area contributed by atoms with Gasteiger partial charge < -0.3 is 15.5 Å². The largest absolute Gasteiger partial charge is 0.394 e. The number of hydrogen-bond acceptors (Lipinski definition) is 5. The number of rotatable bonds is 6. The highest BCUT2D eigenvalue weighted by atomic mass is 16.3. The van der Waals surface area contributed by atoms with Crippen molar-refractivity contribution in [2.24, 2.45) is 0 Å². The fourth-order valence-electron chi connectivity index (χ4n) is 1.23. The Balaban J connectivity index is 2.64. The lowest BCUT2D eigenvalue weighted by Crippen LogP contribution is -2.28. The zero-order valence-electron chi connectivity index (χ0n) is 8.85. The standard InChI is InChI=1S/C10H17N3O2/c1-2-3-8-4-10(12-7-11-8)13-9(5-14)6-15/h4,7,9,14-15H,2-3,5-6H2,1H3,(H,11,12,13). The maximum atomic E-state index is 8.89. The molecule has 0 spiro atoms. The van der Waals surface area contributed by atoms with E-state index in [1.807, 2.05) is 6.07 Å². The molecule has 0 aromatic carbocycles. The molecule has 0 aliphatic carbocycles. The van der Waals surface area contributed by atoms with Gasteiger partial charge >= 0.3 is 0 Å². The predicted octanol–water partition coefficient (Wildman–Crippen LogP) is 0.194. The van der Waals surface area contributed by atoms with Gasteiger partial charge in [0.05, 0.1) is 19.3 Å². The molecule has 0 unspecified atom stereocenters. The van der Waals surface area contributed by atoms with Gasteiger partial charge in [-0.1, -0.05) is 13.3 Å². The van der Waals surface area contributed by atoms with Crippen LogP contribution in [0.25, 0.3) is 0 Å². The van der Waals surface area contributed by atoms with Gasteiger partial charge in [-0.15, -0.1) is 0 Å². The zero-order chi connectivity index (χ0) is 11.1. The molecule has 0 fully saturated rings. The summed E-state index contributed by atoms with van der Waals surface area (Å²) < 4.78 is 0. The molecule has 5 nitrogen and oxygen atoms in total. The van der Waals surface area contributed by atoms with E-state index < -0.39 is 0 Å². The molecule has 0 bridgehead atoms. The van der Waals surface area contributed by atoms with Crippen LogP contribution in [0, 0.1) is 0 Å². The highest BCUT2D eigenvalue weighted by Gasteiger charge is 2.06. The van der Waals surface area contributed by atoms with Crippen LogP contribution in [0.2, 0.25) is 0 Å². The van der Waals surface area contributed by atoms with Gasteiger partial charge in [-0.25, -0.2) is 9.97 Å². The Morgan fingerprint density at radius 3 is 2.67 bits per heavy atom. The Morgan fingerprint density at radius 1 is 1.33 bits per heavy atom. The molecule has 1 rings (SSSR count). The summed E-state index contributed by atoms with van der Waals surface area (Å²) in [7, 11) is 0. The number of aliphatic hydroxyl groups excluding tert-OH is 2. The van der Waals surface area contributed by atoms with Crippen molar-refractivity contribution >= 4 is 5.82 Å². The van der Waals surface area contributed by atoms with Gasteiger partial charge in [-0.2, -0.15) is 0 Å². The average Bonchev–Trinajstić information content (AvgIpc) is 2.27. The number of anilines is 1. The van der Waals surface area contributed by atoms with Crippen LogP contribution in [0.3, 0.4) is 0 Å². The van der Waals surface area contributed by atoms with Crippen LogP contribution in [0.4, 0.5) is 5.82 Å². The molecule has 0 aliphatic rings. The van der Waals surface area contributed by atoms with Gasteiger partial charge in [-0.3, -0.25) is 0 Å². The summed E-state index contributed by atoms with van der Waals surface area (Å²) in [5.74, 6) is 0.640. The van der Waals surface area contributed by atoms with Crippen LogP contribution in [0.5, 0.6) is 0 Å². The highest BCUT2D eigenvalue weighted by Crippen LogP contribution is 2.07. The summed E-state index contributed by atoms with van der Waals surface area (Å²) in [6.45, 7) is 1.84. The van der Waals surface area contributed by atoms with Gasteiger partial charge in [0.15, 0.2) is 0 Å². The Labute approximate surface area is 89.2 Å². The first-order valence-electron chi connectivity index (χ1n) is 5.09. The molecule has 1 aromatic rings. The summed E-state index contributed by atoms with van der Waals surface area (Å²) in [5.41, 5.74) is 0.963. The second kappa shape index (κ2) is 6.31.